The number of rotatable bonds is 7. The van der Waals surface area contributed by atoms with E-state index in [0.29, 0.717) is 16.5 Å². The summed E-state index contributed by atoms with van der Waals surface area (Å²) in [7, 11) is -2.03. The number of hydrogen-bond acceptors (Lipinski definition) is 5. The number of para-hydroxylation sites is 1. The third kappa shape index (κ3) is 5.09. The van der Waals surface area contributed by atoms with Crippen LogP contribution in [0.15, 0.2) is 72.9 Å². The fourth-order valence-corrected chi connectivity index (χ4v) is 6.25. The van der Waals surface area contributed by atoms with Gasteiger partial charge >= 0.3 is 0 Å². The zero-order valence-corrected chi connectivity index (χ0v) is 24.1. The summed E-state index contributed by atoms with van der Waals surface area (Å²) in [6.45, 7) is 6.33. The molecule has 1 fully saturated rings. The minimum Gasteiger partial charge on any atom is -0.495 e. The first-order valence-corrected chi connectivity index (χ1v) is 14.8. The first kappa shape index (κ1) is 26.7. The Morgan fingerprint density at radius 2 is 1.77 bits per heavy atom. The van der Waals surface area contributed by atoms with Gasteiger partial charge in [0.25, 0.3) is 0 Å². The lowest BCUT2D eigenvalue weighted by molar-refractivity contribution is 0.417. The van der Waals surface area contributed by atoms with Gasteiger partial charge in [-0.15, -0.1) is 0 Å². The molecule has 0 saturated carbocycles. The Balaban J connectivity index is 1.69. The molecule has 10 heteroatoms. The van der Waals surface area contributed by atoms with Gasteiger partial charge in [0.15, 0.2) is 5.11 Å². The van der Waals surface area contributed by atoms with Crippen LogP contribution in [0.2, 0.25) is 0 Å². The number of methoxy groups -OCH3 is 1. The summed E-state index contributed by atoms with van der Waals surface area (Å²) in [4.78, 5) is 6.69. The molecule has 202 valence electrons. The van der Waals surface area contributed by atoms with Crippen molar-refractivity contribution in [3.63, 3.8) is 0 Å². The predicted molar refractivity (Wildman–Crippen MR) is 159 cm³/mol. The van der Waals surface area contributed by atoms with Crippen molar-refractivity contribution in [3.8, 4) is 11.4 Å². The van der Waals surface area contributed by atoms with Gasteiger partial charge in [-0.1, -0.05) is 24.3 Å². The summed E-state index contributed by atoms with van der Waals surface area (Å²) in [6.07, 6.45) is 2.89. The third-order valence-corrected chi connectivity index (χ3v) is 7.91. The third-order valence-electron chi connectivity index (χ3n) is 7.00. The summed E-state index contributed by atoms with van der Waals surface area (Å²) in [5, 5.41) is 4.01. The lowest BCUT2D eigenvalue weighted by atomic mass is 9.96. The maximum atomic E-state index is 12.1. The molecule has 2 aromatic carbocycles. The lowest BCUT2D eigenvalue weighted by Gasteiger charge is -2.29. The minimum absolute atomic E-state index is 0.238. The van der Waals surface area contributed by atoms with Gasteiger partial charge in [-0.2, -0.15) is 0 Å². The Labute approximate surface area is 234 Å². The van der Waals surface area contributed by atoms with Gasteiger partial charge in [0, 0.05) is 29.0 Å². The van der Waals surface area contributed by atoms with Crippen LogP contribution in [-0.4, -0.2) is 36.4 Å². The molecule has 8 nitrogen and oxygen atoms in total. The van der Waals surface area contributed by atoms with E-state index < -0.39 is 10.0 Å². The van der Waals surface area contributed by atoms with E-state index in [1.54, 1.807) is 18.3 Å². The topological polar surface area (TPSA) is 88.5 Å². The number of benzene rings is 2. The molecule has 3 heterocycles. The lowest BCUT2D eigenvalue weighted by Crippen LogP contribution is -2.29. The van der Waals surface area contributed by atoms with Gasteiger partial charge in [-0.25, -0.2) is 8.42 Å². The molecule has 0 radical (unpaired) electrons. The van der Waals surface area contributed by atoms with E-state index in [9.17, 15) is 8.42 Å². The van der Waals surface area contributed by atoms with E-state index in [-0.39, 0.29) is 12.1 Å². The number of thiocarbonyl (C=S) groups is 1. The number of aryl methyl sites for hydroxylation is 2. The van der Waals surface area contributed by atoms with Crippen molar-refractivity contribution < 1.29 is 13.2 Å². The molecule has 0 aliphatic carbocycles. The van der Waals surface area contributed by atoms with Crippen molar-refractivity contribution in [2.75, 3.05) is 23.0 Å². The van der Waals surface area contributed by atoms with E-state index in [1.165, 1.54) is 12.7 Å². The van der Waals surface area contributed by atoms with E-state index >= 15 is 0 Å². The molecule has 1 aliphatic heterocycles. The first-order chi connectivity index (χ1) is 18.6. The average molecular weight is 562 g/mol. The summed E-state index contributed by atoms with van der Waals surface area (Å²) < 4.78 is 34.5. The van der Waals surface area contributed by atoms with E-state index in [0.717, 1.165) is 40.3 Å². The normalized spacial score (nSPS) is 17.3. The Morgan fingerprint density at radius 3 is 2.44 bits per heavy atom. The van der Waals surface area contributed by atoms with Crippen molar-refractivity contribution in [1.82, 2.24) is 14.9 Å². The molecular formula is C29H31N5O3S2. The molecule has 0 amide bonds. The van der Waals surface area contributed by atoms with E-state index in [4.69, 9.17) is 17.0 Å². The standard InChI is InChI=1S/C29H31N5O3S2/c1-18-10-6-7-12-25(18)33-19(2)16-22(20(33)3)28-27(23-11-8-9-15-30-23)31-29(38)34(28)21-13-14-26(37-4)24(17-21)32-39(5,35)36/h6-17,27-28,32H,1-5H3,(H,31,38)/t27-,28-/m1/s1. The van der Waals surface area contributed by atoms with Gasteiger partial charge < -0.3 is 19.5 Å². The van der Waals surface area contributed by atoms with Gasteiger partial charge in [-0.05, 0) is 86.6 Å². The number of nitrogens with zero attached hydrogens (tertiary/aromatic N) is 3. The fraction of sp³-hybridized carbons (Fsp3) is 0.241. The molecule has 39 heavy (non-hydrogen) atoms. The molecule has 2 atom stereocenters. The van der Waals surface area contributed by atoms with E-state index in [2.05, 4.69) is 58.6 Å². The highest BCUT2D eigenvalue weighted by atomic mass is 32.2. The second-order valence-electron chi connectivity index (χ2n) is 9.70. The quantitative estimate of drug-likeness (QED) is 0.294. The summed E-state index contributed by atoms with van der Waals surface area (Å²) in [6, 6.07) is 21.2. The van der Waals surface area contributed by atoms with Crippen LogP contribution in [0, 0.1) is 20.8 Å². The van der Waals surface area contributed by atoms with Crippen LogP contribution in [0.4, 0.5) is 11.4 Å². The number of ether oxygens (including phenoxy) is 1. The van der Waals surface area contributed by atoms with Crippen molar-refractivity contribution >= 4 is 38.7 Å². The molecule has 4 aromatic rings. The number of aromatic nitrogens is 2. The molecule has 5 rings (SSSR count). The van der Waals surface area contributed by atoms with Crippen molar-refractivity contribution in [3.05, 3.63) is 101 Å². The zero-order valence-electron chi connectivity index (χ0n) is 22.5. The van der Waals surface area contributed by atoms with Crippen LogP contribution in [-0.2, 0) is 10.0 Å². The molecule has 0 unspecified atom stereocenters. The van der Waals surface area contributed by atoms with E-state index in [1.807, 2.05) is 41.3 Å². The Kier molecular flexibility index (Phi) is 7.09. The highest BCUT2D eigenvalue weighted by Gasteiger charge is 2.42. The predicted octanol–water partition coefficient (Wildman–Crippen LogP) is 5.35. The molecule has 2 aromatic heterocycles. The minimum atomic E-state index is -3.54. The van der Waals surface area contributed by atoms with Gasteiger partial charge in [0.2, 0.25) is 10.0 Å². The van der Waals surface area contributed by atoms with Crippen LogP contribution in [0.3, 0.4) is 0 Å². The second-order valence-corrected chi connectivity index (χ2v) is 11.8. The van der Waals surface area contributed by atoms with Crippen LogP contribution in [0.1, 0.15) is 40.3 Å². The molecule has 0 bridgehead atoms. The van der Waals surface area contributed by atoms with Crippen LogP contribution >= 0.6 is 12.2 Å². The number of pyridine rings is 1. The second kappa shape index (κ2) is 10.3. The monoisotopic (exact) mass is 561 g/mol. The molecule has 1 aliphatic rings. The highest BCUT2D eigenvalue weighted by Crippen LogP contribution is 2.45. The number of nitrogens with one attached hydrogen (secondary N) is 2. The van der Waals surface area contributed by atoms with Crippen LogP contribution in [0.5, 0.6) is 5.75 Å². The number of anilines is 2. The molecule has 0 spiro atoms. The van der Waals surface area contributed by atoms with Gasteiger partial charge in [0.1, 0.15) is 5.75 Å². The number of sulfonamides is 1. The largest absolute Gasteiger partial charge is 0.495 e. The Morgan fingerprint density at radius 1 is 1.03 bits per heavy atom. The van der Waals surface area contributed by atoms with Crippen molar-refractivity contribution in [2.45, 2.75) is 32.9 Å². The van der Waals surface area contributed by atoms with Gasteiger partial charge in [0.05, 0.1) is 36.8 Å². The average Bonchev–Trinajstić information content (AvgIpc) is 3.39. The Hall–Kier alpha value is -3.89. The van der Waals surface area contributed by atoms with Crippen LogP contribution in [0.25, 0.3) is 5.69 Å². The molecule has 2 N–H and O–H groups in total. The Bertz CT molecular complexity index is 1650. The van der Waals surface area contributed by atoms with Crippen LogP contribution < -0.4 is 19.7 Å². The zero-order chi connectivity index (χ0) is 27.9. The number of hydrogen-bond donors (Lipinski definition) is 2. The molecule has 1 saturated heterocycles. The smallest absolute Gasteiger partial charge is 0.229 e. The van der Waals surface area contributed by atoms with Gasteiger partial charge in [-0.3, -0.25) is 9.71 Å². The van der Waals surface area contributed by atoms with Crippen molar-refractivity contribution in [2.24, 2.45) is 0 Å². The SMILES string of the molecule is COc1ccc(N2C(=S)N[C@H](c3ccccn3)[C@H]2c2cc(C)n(-c3ccccc3C)c2C)cc1NS(C)(=O)=O. The molecular weight excluding hydrogens is 530 g/mol. The first-order valence-electron chi connectivity index (χ1n) is 12.5. The maximum Gasteiger partial charge on any atom is 0.229 e. The van der Waals surface area contributed by atoms with Crippen molar-refractivity contribution in [1.29, 1.82) is 0 Å². The fourth-order valence-electron chi connectivity index (χ4n) is 5.35. The highest BCUT2D eigenvalue weighted by molar-refractivity contribution is 7.92. The maximum absolute atomic E-state index is 12.1. The summed E-state index contributed by atoms with van der Waals surface area (Å²) >= 11 is 5.90. The summed E-state index contributed by atoms with van der Waals surface area (Å²) in [5.41, 5.74) is 7.50. The summed E-state index contributed by atoms with van der Waals surface area (Å²) in [5.74, 6) is 0.415.